The number of allylic oxidation sites excluding steroid dienone is 3. The van der Waals surface area contributed by atoms with E-state index in [9.17, 15) is 18.0 Å². The first-order valence-electron chi connectivity index (χ1n) is 9.74. The highest BCUT2D eigenvalue weighted by Crippen LogP contribution is 2.55. The van der Waals surface area contributed by atoms with Crippen molar-refractivity contribution < 1.29 is 18.0 Å². The molecular formula is C22H24F3N3O. The van der Waals surface area contributed by atoms with Crippen molar-refractivity contribution in [2.24, 2.45) is 23.0 Å². The van der Waals surface area contributed by atoms with Gasteiger partial charge in [-0.3, -0.25) is 4.79 Å². The van der Waals surface area contributed by atoms with Crippen molar-refractivity contribution in [3.63, 3.8) is 0 Å². The van der Waals surface area contributed by atoms with Crippen molar-refractivity contribution in [2.75, 3.05) is 11.9 Å². The van der Waals surface area contributed by atoms with Gasteiger partial charge in [0.2, 0.25) is 5.91 Å². The van der Waals surface area contributed by atoms with Crippen molar-refractivity contribution in [3.05, 3.63) is 53.6 Å². The summed E-state index contributed by atoms with van der Waals surface area (Å²) >= 11 is 0. The molecule has 7 heteroatoms. The first kappa shape index (κ1) is 21.0. The predicted molar refractivity (Wildman–Crippen MR) is 105 cm³/mol. The number of nitrogens with zero attached hydrogens (tertiary/aromatic N) is 1. The molecule has 0 heterocycles. The normalized spacial score (nSPS) is 27.0. The Morgan fingerprint density at radius 1 is 1.21 bits per heavy atom. The highest BCUT2D eigenvalue weighted by atomic mass is 19.4. The molecule has 3 N–H and O–H groups in total. The average molecular weight is 403 g/mol. The Morgan fingerprint density at radius 3 is 2.41 bits per heavy atom. The molecule has 3 rings (SSSR count). The van der Waals surface area contributed by atoms with Gasteiger partial charge in [-0.1, -0.05) is 18.2 Å². The maximum atomic E-state index is 14.1. The van der Waals surface area contributed by atoms with Crippen LogP contribution in [0.4, 0.5) is 18.9 Å². The molecule has 0 aromatic heterocycles. The van der Waals surface area contributed by atoms with E-state index in [1.165, 1.54) is 18.2 Å². The topological polar surface area (TPSA) is 78.9 Å². The number of halogens is 3. The second kappa shape index (κ2) is 8.32. The second-order valence-electron chi connectivity index (χ2n) is 7.92. The molecule has 0 saturated heterocycles. The van der Waals surface area contributed by atoms with Gasteiger partial charge in [-0.05, 0) is 68.2 Å². The molecule has 1 aromatic carbocycles. The summed E-state index contributed by atoms with van der Waals surface area (Å²) in [6.07, 6.45) is 1.42. The van der Waals surface area contributed by atoms with Gasteiger partial charge in [0.05, 0.1) is 17.0 Å². The van der Waals surface area contributed by atoms with E-state index < -0.39 is 23.4 Å². The molecule has 0 spiro atoms. The Kier molecular flexibility index (Phi) is 6.02. The van der Waals surface area contributed by atoms with E-state index in [-0.39, 0.29) is 17.9 Å². The van der Waals surface area contributed by atoms with Crippen LogP contribution >= 0.6 is 0 Å². The van der Waals surface area contributed by atoms with Crippen LogP contribution in [0, 0.1) is 28.6 Å². The lowest BCUT2D eigenvalue weighted by Gasteiger charge is -2.44. The van der Waals surface area contributed by atoms with E-state index in [1.54, 1.807) is 12.1 Å². The number of carbonyl (C=O) groups excluding carboxylic acids is 1. The Morgan fingerprint density at radius 2 is 1.86 bits per heavy atom. The van der Waals surface area contributed by atoms with Gasteiger partial charge in [0, 0.05) is 17.8 Å². The molecule has 1 saturated carbocycles. The zero-order chi connectivity index (χ0) is 21.1. The minimum atomic E-state index is -4.43. The fourth-order valence-electron chi connectivity index (χ4n) is 4.45. The average Bonchev–Trinajstić information content (AvgIpc) is 2.72. The van der Waals surface area contributed by atoms with Gasteiger partial charge >= 0.3 is 6.18 Å². The number of anilines is 1. The molecule has 1 amide bonds. The first-order valence-corrected chi connectivity index (χ1v) is 9.74. The number of alkyl halides is 3. The lowest BCUT2D eigenvalue weighted by atomic mass is 9.62. The molecular weight excluding hydrogens is 379 g/mol. The van der Waals surface area contributed by atoms with Crippen LogP contribution < -0.4 is 11.1 Å². The Labute approximate surface area is 168 Å². The molecule has 2 aliphatic carbocycles. The van der Waals surface area contributed by atoms with E-state index in [1.807, 2.05) is 12.1 Å². The van der Waals surface area contributed by atoms with Crippen molar-refractivity contribution in [2.45, 2.75) is 38.3 Å². The van der Waals surface area contributed by atoms with E-state index >= 15 is 0 Å². The molecule has 1 fully saturated rings. The summed E-state index contributed by atoms with van der Waals surface area (Å²) in [6, 6.07) is 9.17. The van der Waals surface area contributed by atoms with Crippen LogP contribution in [0.25, 0.3) is 0 Å². The monoisotopic (exact) mass is 403 g/mol. The smallest absolute Gasteiger partial charge is 0.385 e. The maximum Gasteiger partial charge on any atom is 0.398 e. The van der Waals surface area contributed by atoms with E-state index in [0.29, 0.717) is 37.8 Å². The first-order chi connectivity index (χ1) is 13.7. The van der Waals surface area contributed by atoms with Crippen LogP contribution in [-0.4, -0.2) is 18.6 Å². The number of nitrogens with one attached hydrogen (secondary N) is 1. The summed E-state index contributed by atoms with van der Waals surface area (Å²) in [4.78, 5) is 11.5. The molecule has 29 heavy (non-hydrogen) atoms. The summed E-state index contributed by atoms with van der Waals surface area (Å²) in [5.41, 5.74) is 4.76. The number of primary amides is 1. The van der Waals surface area contributed by atoms with Crippen molar-refractivity contribution in [1.82, 2.24) is 0 Å². The van der Waals surface area contributed by atoms with E-state index in [0.717, 1.165) is 5.69 Å². The predicted octanol–water partition coefficient (Wildman–Crippen LogP) is 4.70. The highest BCUT2D eigenvalue weighted by molar-refractivity contribution is 5.92. The van der Waals surface area contributed by atoms with Gasteiger partial charge < -0.3 is 11.1 Å². The Hall–Kier alpha value is -2.75. The van der Waals surface area contributed by atoms with Gasteiger partial charge in [0.15, 0.2) is 0 Å². The van der Waals surface area contributed by atoms with Crippen LogP contribution in [0.3, 0.4) is 0 Å². The number of hydrogen-bond donors (Lipinski definition) is 2. The zero-order valence-electron chi connectivity index (χ0n) is 16.0. The molecule has 0 radical (unpaired) electrons. The lowest BCUT2D eigenvalue weighted by Crippen LogP contribution is -2.46. The Bertz CT molecular complexity index is 844. The quantitative estimate of drug-likeness (QED) is 0.748. The molecule has 2 aliphatic rings. The molecule has 0 aliphatic heterocycles. The third kappa shape index (κ3) is 4.47. The van der Waals surface area contributed by atoms with E-state index in [4.69, 9.17) is 11.0 Å². The maximum absolute atomic E-state index is 14.1. The fraction of sp³-hybridized carbons (Fsp3) is 0.455. The summed E-state index contributed by atoms with van der Waals surface area (Å²) in [7, 11) is 0. The van der Waals surface area contributed by atoms with Crippen molar-refractivity contribution >= 4 is 11.6 Å². The number of rotatable bonds is 5. The zero-order valence-corrected chi connectivity index (χ0v) is 16.0. The van der Waals surface area contributed by atoms with E-state index in [2.05, 4.69) is 11.4 Å². The molecule has 1 atom stereocenters. The Balaban J connectivity index is 1.62. The third-order valence-electron chi connectivity index (χ3n) is 6.20. The largest absolute Gasteiger partial charge is 0.398 e. The van der Waals surface area contributed by atoms with Gasteiger partial charge in [0.1, 0.15) is 0 Å². The van der Waals surface area contributed by atoms with Crippen LogP contribution in [0.5, 0.6) is 0 Å². The summed E-state index contributed by atoms with van der Waals surface area (Å²) in [6.45, 7) is 0.680. The van der Waals surface area contributed by atoms with Crippen LogP contribution in [0.15, 0.2) is 48.1 Å². The van der Waals surface area contributed by atoms with Gasteiger partial charge in [-0.25, -0.2) is 0 Å². The number of hydrogen-bond acceptors (Lipinski definition) is 3. The van der Waals surface area contributed by atoms with Crippen molar-refractivity contribution in [1.29, 1.82) is 5.26 Å². The van der Waals surface area contributed by atoms with Crippen molar-refractivity contribution in [3.8, 4) is 6.07 Å². The molecule has 154 valence electrons. The minimum absolute atomic E-state index is 0.0365. The minimum Gasteiger partial charge on any atom is -0.385 e. The standard InChI is InChI=1S/C22H24F3N3O/c23-22(24,25)21(11-1-2-17(12-21)20(27)29)18-7-3-16(4-8-18)14-28-19-9-5-15(13-26)6-10-19/h1-2,5-6,9-11,16,18,28H,3-4,7-8,12,14H2,(H2,27,29). The van der Waals surface area contributed by atoms with Crippen LogP contribution in [-0.2, 0) is 4.79 Å². The highest BCUT2D eigenvalue weighted by Gasteiger charge is 2.58. The number of nitriles is 1. The number of benzene rings is 1. The third-order valence-corrected chi connectivity index (χ3v) is 6.20. The lowest BCUT2D eigenvalue weighted by molar-refractivity contribution is -0.227. The molecule has 4 nitrogen and oxygen atoms in total. The van der Waals surface area contributed by atoms with Gasteiger partial charge in [-0.2, -0.15) is 18.4 Å². The summed E-state index contributed by atoms with van der Waals surface area (Å²) in [5.74, 6) is -1.07. The molecule has 1 unspecified atom stereocenters. The summed E-state index contributed by atoms with van der Waals surface area (Å²) in [5, 5.41) is 12.1. The second-order valence-corrected chi connectivity index (χ2v) is 7.92. The SMILES string of the molecule is N#Cc1ccc(NCC2CCC(C3(C(F)(F)F)C=CC=C(C(N)=O)C3)CC2)cc1. The number of nitrogens with two attached hydrogens (primary N) is 1. The van der Waals surface area contributed by atoms with Gasteiger partial charge in [0.25, 0.3) is 0 Å². The van der Waals surface area contributed by atoms with Gasteiger partial charge in [-0.15, -0.1) is 0 Å². The number of amides is 1. The molecule has 0 bridgehead atoms. The van der Waals surface area contributed by atoms with Crippen LogP contribution in [0.1, 0.15) is 37.7 Å². The van der Waals surface area contributed by atoms with Crippen LogP contribution in [0.2, 0.25) is 0 Å². The number of carbonyl (C=O) groups is 1. The summed E-state index contributed by atoms with van der Waals surface area (Å²) < 4.78 is 42.2. The fourth-order valence-corrected chi connectivity index (χ4v) is 4.45. The molecule has 1 aromatic rings.